The predicted octanol–water partition coefficient (Wildman–Crippen LogP) is 1.15. The standard InChI is InChI=1S/C26H38N8O3/c27-8-1-9-29-19-3-5-20(6-4-19)34-17-23-24(32-26(34)36)31-21-16-18(2-7-22(21)37-23)25(35)30-12-15-33-13-10-28-11-14-33/h2,7,16-17,19-20,28-29H,1,3-6,8-15,27H2,(H,30,35)(H,31,32,36). The number of nitrogens with one attached hydrogen (secondary N) is 4. The number of rotatable bonds is 9. The van der Waals surface area contributed by atoms with Crippen molar-refractivity contribution in [1.29, 1.82) is 0 Å². The molecule has 1 saturated carbocycles. The molecule has 37 heavy (non-hydrogen) atoms. The van der Waals surface area contributed by atoms with Crippen LogP contribution in [-0.2, 0) is 0 Å². The third kappa shape index (κ3) is 6.30. The highest BCUT2D eigenvalue weighted by Crippen LogP contribution is 2.41. The van der Waals surface area contributed by atoms with Crippen LogP contribution in [0.15, 0.2) is 29.2 Å². The lowest BCUT2D eigenvalue weighted by Gasteiger charge is -2.31. The third-order valence-electron chi connectivity index (χ3n) is 7.46. The molecule has 2 aromatic rings. The van der Waals surface area contributed by atoms with Gasteiger partial charge in [-0.15, -0.1) is 0 Å². The number of carbonyl (C=O) groups excluding carboxylic acids is 1. The van der Waals surface area contributed by atoms with Crippen molar-refractivity contribution < 1.29 is 9.53 Å². The van der Waals surface area contributed by atoms with E-state index in [1.54, 1.807) is 29.0 Å². The van der Waals surface area contributed by atoms with Gasteiger partial charge in [-0.3, -0.25) is 14.3 Å². The van der Waals surface area contributed by atoms with Crippen molar-refractivity contribution in [1.82, 2.24) is 30.4 Å². The summed E-state index contributed by atoms with van der Waals surface area (Å²) >= 11 is 0. The minimum absolute atomic E-state index is 0.107. The van der Waals surface area contributed by atoms with Gasteiger partial charge in [0.1, 0.15) is 0 Å². The first kappa shape index (κ1) is 25.7. The van der Waals surface area contributed by atoms with Crippen LogP contribution in [-0.4, -0.2) is 78.8 Å². The van der Waals surface area contributed by atoms with Gasteiger partial charge in [-0.2, -0.15) is 4.98 Å². The summed E-state index contributed by atoms with van der Waals surface area (Å²) in [6, 6.07) is 5.86. The van der Waals surface area contributed by atoms with E-state index in [9.17, 15) is 9.59 Å². The van der Waals surface area contributed by atoms with Crippen LogP contribution in [0.4, 0.5) is 11.5 Å². The second kappa shape index (κ2) is 12.0. The second-order valence-electron chi connectivity index (χ2n) is 10.0. The molecule has 0 radical (unpaired) electrons. The van der Waals surface area contributed by atoms with Gasteiger partial charge >= 0.3 is 5.69 Å². The van der Waals surface area contributed by atoms with Gasteiger partial charge in [-0.25, -0.2) is 4.79 Å². The van der Waals surface area contributed by atoms with Gasteiger partial charge in [-0.1, -0.05) is 0 Å². The number of carbonyl (C=O) groups is 1. The van der Waals surface area contributed by atoms with E-state index in [0.717, 1.165) is 71.4 Å². The summed E-state index contributed by atoms with van der Waals surface area (Å²) in [5.41, 5.74) is 6.44. The molecule has 1 aromatic heterocycles. The maximum absolute atomic E-state index is 12.9. The Morgan fingerprint density at radius 3 is 2.73 bits per heavy atom. The number of aromatic nitrogens is 2. The molecule has 0 bridgehead atoms. The lowest BCUT2D eigenvalue weighted by molar-refractivity contribution is 0.0947. The minimum Gasteiger partial charge on any atom is -0.450 e. The number of nitrogens with zero attached hydrogens (tertiary/aromatic N) is 3. The van der Waals surface area contributed by atoms with Crippen LogP contribution in [0.2, 0.25) is 0 Å². The molecule has 1 aromatic carbocycles. The lowest BCUT2D eigenvalue weighted by Crippen LogP contribution is -2.46. The van der Waals surface area contributed by atoms with E-state index in [-0.39, 0.29) is 17.6 Å². The number of anilines is 2. The monoisotopic (exact) mass is 510 g/mol. The van der Waals surface area contributed by atoms with Crippen molar-refractivity contribution >= 4 is 17.4 Å². The number of hydrogen-bond donors (Lipinski definition) is 5. The molecule has 0 unspecified atom stereocenters. The van der Waals surface area contributed by atoms with Crippen LogP contribution in [0.1, 0.15) is 48.5 Å². The van der Waals surface area contributed by atoms with Gasteiger partial charge in [0.2, 0.25) is 0 Å². The first-order chi connectivity index (χ1) is 18.1. The average molecular weight is 511 g/mol. The molecule has 6 N–H and O–H groups in total. The van der Waals surface area contributed by atoms with Crippen LogP contribution in [0.25, 0.3) is 0 Å². The molecule has 1 amide bonds. The number of benzene rings is 1. The largest absolute Gasteiger partial charge is 0.450 e. The number of piperazine rings is 1. The molecule has 11 nitrogen and oxygen atoms in total. The van der Waals surface area contributed by atoms with Crippen molar-refractivity contribution in [3.8, 4) is 11.5 Å². The molecule has 11 heteroatoms. The van der Waals surface area contributed by atoms with Crippen molar-refractivity contribution in [3.05, 3.63) is 40.4 Å². The molecule has 1 saturated heterocycles. The molecule has 3 heterocycles. The van der Waals surface area contributed by atoms with Gasteiger partial charge in [0.25, 0.3) is 5.91 Å². The third-order valence-corrected chi connectivity index (χ3v) is 7.46. The fourth-order valence-corrected chi connectivity index (χ4v) is 5.31. The molecule has 5 rings (SSSR count). The maximum atomic E-state index is 12.9. The number of amides is 1. The highest BCUT2D eigenvalue weighted by atomic mass is 16.5. The van der Waals surface area contributed by atoms with Gasteiger partial charge in [0.15, 0.2) is 17.3 Å². The lowest BCUT2D eigenvalue weighted by atomic mass is 9.91. The molecule has 0 atom stereocenters. The van der Waals surface area contributed by atoms with Crippen molar-refractivity contribution in [2.24, 2.45) is 5.73 Å². The van der Waals surface area contributed by atoms with Crippen LogP contribution in [0, 0.1) is 0 Å². The summed E-state index contributed by atoms with van der Waals surface area (Å²) < 4.78 is 7.80. The zero-order valence-corrected chi connectivity index (χ0v) is 21.3. The van der Waals surface area contributed by atoms with Crippen LogP contribution in [0.3, 0.4) is 0 Å². The Kier molecular flexibility index (Phi) is 8.34. The zero-order valence-electron chi connectivity index (χ0n) is 21.3. The molecule has 3 aliphatic rings. The Balaban J connectivity index is 1.19. The zero-order chi connectivity index (χ0) is 25.6. The molecule has 2 aliphatic heterocycles. The first-order valence-corrected chi connectivity index (χ1v) is 13.5. The summed E-state index contributed by atoms with van der Waals surface area (Å²) in [4.78, 5) is 32.2. The minimum atomic E-state index is -0.292. The van der Waals surface area contributed by atoms with Crippen molar-refractivity contribution in [2.75, 3.05) is 57.7 Å². The Labute approximate surface area is 217 Å². The van der Waals surface area contributed by atoms with Gasteiger partial charge in [-0.05, 0) is 63.4 Å². The molecule has 200 valence electrons. The van der Waals surface area contributed by atoms with Crippen LogP contribution in [0.5, 0.6) is 11.5 Å². The summed E-state index contributed by atoms with van der Waals surface area (Å²) in [6.07, 6.45) is 6.60. The molecular weight excluding hydrogens is 472 g/mol. The Morgan fingerprint density at radius 1 is 1.14 bits per heavy atom. The van der Waals surface area contributed by atoms with Gasteiger partial charge < -0.3 is 31.7 Å². The fourth-order valence-electron chi connectivity index (χ4n) is 5.31. The number of nitrogens with two attached hydrogens (primary N) is 1. The van der Waals surface area contributed by atoms with Crippen molar-refractivity contribution in [3.63, 3.8) is 0 Å². The van der Waals surface area contributed by atoms with E-state index in [4.69, 9.17) is 10.5 Å². The van der Waals surface area contributed by atoms with E-state index in [1.807, 2.05) is 0 Å². The summed E-state index contributed by atoms with van der Waals surface area (Å²) in [7, 11) is 0. The normalized spacial score (nSPS) is 21.3. The first-order valence-electron chi connectivity index (χ1n) is 13.5. The number of fused-ring (bicyclic) bond motifs is 2. The molecule has 2 fully saturated rings. The van der Waals surface area contributed by atoms with Crippen LogP contribution < -0.4 is 37.4 Å². The number of ether oxygens (including phenoxy) is 1. The van der Waals surface area contributed by atoms with E-state index < -0.39 is 0 Å². The number of hydrogen-bond acceptors (Lipinski definition) is 9. The molecule has 1 aliphatic carbocycles. The molecule has 0 spiro atoms. The van der Waals surface area contributed by atoms with Crippen molar-refractivity contribution in [2.45, 2.75) is 44.2 Å². The summed E-state index contributed by atoms with van der Waals surface area (Å²) in [5.74, 6) is 1.36. The summed E-state index contributed by atoms with van der Waals surface area (Å²) in [6.45, 7) is 7.02. The summed E-state index contributed by atoms with van der Waals surface area (Å²) in [5, 5.41) is 13.1. The molecular formula is C26H38N8O3. The SMILES string of the molecule is NCCCNC1CCC(n2cc3c(nc2=O)Nc2cc(C(=O)NCCN4CCNCC4)ccc2O3)CC1. The topological polar surface area (TPSA) is 139 Å². The Hall–Kier alpha value is -2.99. The average Bonchev–Trinajstić information content (AvgIpc) is 2.92. The van der Waals surface area contributed by atoms with E-state index >= 15 is 0 Å². The van der Waals surface area contributed by atoms with Gasteiger partial charge in [0, 0.05) is 56.9 Å². The van der Waals surface area contributed by atoms with E-state index in [0.29, 0.717) is 47.7 Å². The predicted molar refractivity (Wildman–Crippen MR) is 143 cm³/mol. The quantitative estimate of drug-likeness (QED) is 0.268. The Morgan fingerprint density at radius 2 is 1.95 bits per heavy atom. The van der Waals surface area contributed by atoms with Crippen LogP contribution >= 0.6 is 0 Å². The maximum Gasteiger partial charge on any atom is 0.350 e. The van der Waals surface area contributed by atoms with Gasteiger partial charge in [0.05, 0.1) is 11.9 Å². The Bertz CT molecular complexity index is 1140. The second-order valence-corrected chi connectivity index (χ2v) is 10.0. The fraction of sp³-hybridized carbons (Fsp3) is 0.577. The smallest absolute Gasteiger partial charge is 0.350 e. The van der Waals surface area contributed by atoms with E-state index in [2.05, 4.69) is 31.2 Å². The van der Waals surface area contributed by atoms with E-state index in [1.165, 1.54) is 0 Å². The highest BCUT2D eigenvalue weighted by molar-refractivity contribution is 5.96. The highest BCUT2D eigenvalue weighted by Gasteiger charge is 2.26.